The molecule has 1 unspecified atom stereocenters. The maximum atomic E-state index is 10.7. The summed E-state index contributed by atoms with van der Waals surface area (Å²) in [5, 5.41) is 13.8. The fourth-order valence-corrected chi connectivity index (χ4v) is 2.47. The molecule has 2 N–H and O–H groups in total. The highest BCUT2D eigenvalue weighted by Crippen LogP contribution is 2.15. The summed E-state index contributed by atoms with van der Waals surface area (Å²) < 4.78 is 5.28. The molecule has 4 nitrogen and oxygen atoms in total. The van der Waals surface area contributed by atoms with Crippen LogP contribution >= 0.6 is 11.3 Å². The molecule has 0 aromatic carbocycles. The summed E-state index contributed by atoms with van der Waals surface area (Å²) >= 11 is 1.46. The molecule has 0 amide bonds. The van der Waals surface area contributed by atoms with Crippen molar-refractivity contribution in [2.75, 3.05) is 0 Å². The number of hydrogen-bond acceptors (Lipinski definition) is 4. The molecule has 0 aliphatic rings. The molecule has 0 spiro atoms. The van der Waals surface area contributed by atoms with E-state index >= 15 is 0 Å². The summed E-state index contributed by atoms with van der Waals surface area (Å²) in [7, 11) is 0. The molecular weight excluding hydrogens is 250 g/mol. The molecule has 0 aliphatic heterocycles. The number of carboxylic acids is 1. The normalized spacial score (nSPS) is 12.5. The van der Waals surface area contributed by atoms with Gasteiger partial charge in [-0.25, -0.2) is 4.79 Å². The number of rotatable bonds is 6. The molecule has 0 aliphatic carbocycles. The van der Waals surface area contributed by atoms with E-state index in [-0.39, 0.29) is 6.04 Å². The fraction of sp³-hybridized carbons (Fsp3) is 0.308. The molecule has 2 heterocycles. The number of aromatic carboxylic acids is 1. The molecule has 2 rings (SSSR count). The van der Waals surface area contributed by atoms with Crippen molar-refractivity contribution in [1.82, 2.24) is 5.32 Å². The lowest BCUT2D eigenvalue weighted by Gasteiger charge is -2.11. The first-order valence-electron chi connectivity index (χ1n) is 5.71. The molecule has 0 saturated carbocycles. The van der Waals surface area contributed by atoms with Crippen LogP contribution in [0.15, 0.2) is 34.3 Å². The highest BCUT2D eigenvalue weighted by Gasteiger charge is 2.08. The van der Waals surface area contributed by atoms with Crippen LogP contribution in [0.25, 0.3) is 0 Å². The Morgan fingerprint density at radius 3 is 3.06 bits per heavy atom. The molecule has 0 radical (unpaired) electrons. The van der Waals surface area contributed by atoms with E-state index in [0.29, 0.717) is 12.1 Å². The second-order valence-corrected chi connectivity index (χ2v) is 5.17. The van der Waals surface area contributed by atoms with E-state index in [9.17, 15) is 4.79 Å². The van der Waals surface area contributed by atoms with Crippen molar-refractivity contribution in [1.29, 1.82) is 0 Å². The molecule has 2 aromatic rings. The van der Waals surface area contributed by atoms with Gasteiger partial charge in [0, 0.05) is 29.3 Å². The van der Waals surface area contributed by atoms with E-state index in [1.807, 2.05) is 12.1 Å². The van der Waals surface area contributed by atoms with Gasteiger partial charge in [0.05, 0.1) is 11.8 Å². The van der Waals surface area contributed by atoms with Crippen LogP contribution in [0, 0.1) is 0 Å². The third kappa shape index (κ3) is 3.45. The zero-order valence-corrected chi connectivity index (χ0v) is 10.9. The van der Waals surface area contributed by atoms with Crippen molar-refractivity contribution in [2.45, 2.75) is 25.9 Å². The van der Waals surface area contributed by atoms with E-state index in [2.05, 4.69) is 12.2 Å². The lowest BCUT2D eigenvalue weighted by Crippen LogP contribution is -2.27. The number of thiophene rings is 1. The first-order chi connectivity index (χ1) is 8.65. The predicted octanol–water partition coefficient (Wildman–Crippen LogP) is 2.76. The number of nitrogens with one attached hydrogen (secondary N) is 1. The molecule has 0 bridgehead atoms. The van der Waals surface area contributed by atoms with E-state index in [1.165, 1.54) is 11.3 Å². The number of carboxylic acid groups (broad SMARTS) is 1. The Labute approximate surface area is 109 Å². The molecule has 0 saturated heterocycles. The molecule has 5 heteroatoms. The maximum absolute atomic E-state index is 10.7. The minimum Gasteiger partial charge on any atom is -0.478 e. The number of furan rings is 1. The fourth-order valence-electron chi connectivity index (χ4n) is 1.66. The van der Waals surface area contributed by atoms with Gasteiger partial charge in [-0.15, -0.1) is 11.3 Å². The van der Waals surface area contributed by atoms with Gasteiger partial charge in [-0.2, -0.15) is 0 Å². The Kier molecular flexibility index (Phi) is 4.17. The van der Waals surface area contributed by atoms with Crippen molar-refractivity contribution in [2.24, 2.45) is 0 Å². The van der Waals surface area contributed by atoms with E-state index in [1.54, 1.807) is 17.7 Å². The van der Waals surface area contributed by atoms with E-state index in [0.717, 1.165) is 17.1 Å². The van der Waals surface area contributed by atoms with Gasteiger partial charge in [-0.3, -0.25) is 0 Å². The number of hydrogen-bond donors (Lipinski definition) is 2. The summed E-state index contributed by atoms with van der Waals surface area (Å²) in [6.07, 6.45) is 2.49. The van der Waals surface area contributed by atoms with E-state index < -0.39 is 5.97 Å². The van der Waals surface area contributed by atoms with Crippen LogP contribution in [-0.2, 0) is 13.0 Å². The maximum Gasteiger partial charge on any atom is 0.336 e. The predicted molar refractivity (Wildman–Crippen MR) is 70.0 cm³/mol. The van der Waals surface area contributed by atoms with Gasteiger partial charge < -0.3 is 14.8 Å². The Bertz CT molecular complexity index is 504. The highest BCUT2D eigenvalue weighted by molar-refractivity contribution is 7.10. The van der Waals surface area contributed by atoms with Crippen LogP contribution in [0.2, 0.25) is 0 Å². The SMILES string of the molecule is CC(Cc1ccco1)NCc1cc(C(=O)O)cs1. The lowest BCUT2D eigenvalue weighted by molar-refractivity contribution is 0.0697. The summed E-state index contributed by atoms with van der Waals surface area (Å²) in [6, 6.07) is 5.82. The van der Waals surface area contributed by atoms with Crippen LogP contribution < -0.4 is 5.32 Å². The van der Waals surface area contributed by atoms with Gasteiger partial charge in [-0.05, 0) is 25.1 Å². The topological polar surface area (TPSA) is 62.5 Å². The Morgan fingerprint density at radius 2 is 2.44 bits per heavy atom. The largest absolute Gasteiger partial charge is 0.478 e. The van der Waals surface area contributed by atoms with Crippen molar-refractivity contribution in [3.63, 3.8) is 0 Å². The highest BCUT2D eigenvalue weighted by atomic mass is 32.1. The zero-order valence-electron chi connectivity index (χ0n) is 10.1. The quantitative estimate of drug-likeness (QED) is 0.843. The lowest BCUT2D eigenvalue weighted by atomic mass is 10.2. The Morgan fingerprint density at radius 1 is 1.61 bits per heavy atom. The monoisotopic (exact) mass is 265 g/mol. The Hall–Kier alpha value is -1.59. The minimum atomic E-state index is -0.874. The van der Waals surface area contributed by atoms with Crippen molar-refractivity contribution < 1.29 is 14.3 Å². The van der Waals surface area contributed by atoms with E-state index in [4.69, 9.17) is 9.52 Å². The summed E-state index contributed by atoms with van der Waals surface area (Å²) in [5.74, 6) is 0.0774. The standard InChI is InChI=1S/C13H15NO3S/c1-9(5-11-3-2-4-17-11)14-7-12-6-10(8-18-12)13(15)16/h2-4,6,8-9,14H,5,7H2,1H3,(H,15,16). The van der Waals surface area contributed by atoms with Gasteiger partial charge in [0.15, 0.2) is 0 Å². The van der Waals surface area contributed by atoms with Crippen LogP contribution in [0.5, 0.6) is 0 Å². The second-order valence-electron chi connectivity index (χ2n) is 4.17. The molecule has 18 heavy (non-hydrogen) atoms. The van der Waals surface area contributed by atoms with Crippen LogP contribution in [-0.4, -0.2) is 17.1 Å². The molecule has 2 aromatic heterocycles. The van der Waals surface area contributed by atoms with Gasteiger partial charge in [0.25, 0.3) is 0 Å². The second kappa shape index (κ2) is 5.84. The molecule has 0 fully saturated rings. The molecule has 96 valence electrons. The minimum absolute atomic E-state index is 0.284. The summed E-state index contributed by atoms with van der Waals surface area (Å²) in [4.78, 5) is 11.8. The third-order valence-corrected chi connectivity index (χ3v) is 3.55. The third-order valence-electron chi connectivity index (χ3n) is 2.61. The smallest absolute Gasteiger partial charge is 0.336 e. The van der Waals surface area contributed by atoms with Crippen molar-refractivity contribution >= 4 is 17.3 Å². The molecule has 1 atom stereocenters. The van der Waals surface area contributed by atoms with Crippen LogP contribution in [0.4, 0.5) is 0 Å². The average molecular weight is 265 g/mol. The average Bonchev–Trinajstić information content (AvgIpc) is 2.96. The van der Waals surface area contributed by atoms with Crippen molar-refractivity contribution in [3.8, 4) is 0 Å². The number of carbonyl (C=O) groups is 1. The van der Waals surface area contributed by atoms with Gasteiger partial charge in [0.1, 0.15) is 5.76 Å². The first kappa shape index (κ1) is 12.9. The summed E-state index contributed by atoms with van der Waals surface area (Å²) in [6.45, 7) is 2.76. The Balaban J connectivity index is 1.81. The van der Waals surface area contributed by atoms with Gasteiger partial charge in [-0.1, -0.05) is 0 Å². The van der Waals surface area contributed by atoms with Crippen LogP contribution in [0.1, 0.15) is 27.9 Å². The van der Waals surface area contributed by atoms with Gasteiger partial charge in [0.2, 0.25) is 0 Å². The first-order valence-corrected chi connectivity index (χ1v) is 6.59. The van der Waals surface area contributed by atoms with Gasteiger partial charge >= 0.3 is 5.97 Å². The summed E-state index contributed by atoms with van der Waals surface area (Å²) in [5.41, 5.74) is 0.357. The molecular formula is C13H15NO3S. The van der Waals surface area contributed by atoms with Crippen molar-refractivity contribution in [3.05, 3.63) is 46.0 Å². The zero-order chi connectivity index (χ0) is 13.0. The van der Waals surface area contributed by atoms with Crippen LogP contribution in [0.3, 0.4) is 0 Å².